The van der Waals surface area contributed by atoms with Crippen molar-refractivity contribution in [2.75, 3.05) is 0 Å². The van der Waals surface area contributed by atoms with E-state index in [9.17, 15) is 0 Å². The Kier molecular flexibility index (Phi) is 6.90. The molecule has 0 spiro atoms. The maximum absolute atomic E-state index is 2.50. The van der Waals surface area contributed by atoms with Gasteiger partial charge in [0.1, 0.15) is 0 Å². The van der Waals surface area contributed by atoms with Crippen LogP contribution in [0.4, 0.5) is 0 Å². The summed E-state index contributed by atoms with van der Waals surface area (Å²) >= 11 is 2.50. The van der Waals surface area contributed by atoms with Gasteiger partial charge in [-0.2, -0.15) is 0 Å². The number of rotatable bonds is 4. The zero-order valence-corrected chi connectivity index (χ0v) is 32.4. The third-order valence-electron chi connectivity index (χ3n) is 11.7. The van der Waals surface area contributed by atoms with Crippen LogP contribution in [0.3, 0.4) is 0 Å². The summed E-state index contributed by atoms with van der Waals surface area (Å²) in [5.41, 5.74) is 14.5. The van der Waals surface area contributed by atoms with Crippen LogP contribution in [0.5, 0.6) is 0 Å². The van der Waals surface area contributed by atoms with E-state index in [0.717, 1.165) is 0 Å². The van der Waals surface area contributed by atoms with Gasteiger partial charge >= 0.3 is 0 Å². The van der Waals surface area contributed by atoms with Gasteiger partial charge in [-0.3, -0.25) is 2.78 Å². The molecule has 0 N–H and O–H groups in total. The predicted octanol–water partition coefficient (Wildman–Crippen LogP) is 14.7. The van der Waals surface area contributed by atoms with Crippen molar-refractivity contribution in [3.05, 3.63) is 194 Å². The van der Waals surface area contributed by atoms with Crippen molar-refractivity contribution < 1.29 is 0 Å². The fraction of sp³-hybridized carbons (Fsp3) is 0. The lowest BCUT2D eigenvalue weighted by atomic mass is 9.98. The fourth-order valence-corrected chi connectivity index (χ4v) is 10.2. The molecule has 12 rings (SSSR count). The normalized spacial score (nSPS) is 12.0. The first-order chi connectivity index (χ1) is 27.7. The average molecular weight is 826 g/mol. The van der Waals surface area contributed by atoms with Crippen LogP contribution in [0.15, 0.2) is 194 Å². The maximum Gasteiger partial charge on any atom is 0.0668 e. The number of fused-ring (bicyclic) bond motifs is 11. The second kappa shape index (κ2) is 12.2. The first-order valence-corrected chi connectivity index (χ1v) is 20.0. The summed E-state index contributed by atoms with van der Waals surface area (Å²) in [7, 11) is 0. The molecule has 0 aliphatic heterocycles. The molecule has 0 fully saturated rings. The second-order valence-corrected chi connectivity index (χ2v) is 15.7. The first-order valence-electron chi connectivity index (χ1n) is 19.1. The number of hydrogen-bond donors (Lipinski definition) is 0. The summed E-state index contributed by atoms with van der Waals surface area (Å²) < 4.78 is 7.16. The number of halogens is 1. The predicted molar refractivity (Wildman–Crippen MR) is 246 cm³/mol. The highest BCUT2D eigenvalue weighted by Gasteiger charge is 2.19. The summed E-state index contributed by atoms with van der Waals surface area (Å²) in [4.78, 5) is 0. The summed E-state index contributed by atoms with van der Waals surface area (Å²) in [5, 5.41) is 10.1. The largest absolute Gasteiger partial charge is 0.309 e. The minimum absolute atomic E-state index is 1.17. The van der Waals surface area contributed by atoms with Crippen LogP contribution in [0.25, 0.3) is 110 Å². The molecule has 262 valence electrons. The highest BCUT2D eigenvalue weighted by molar-refractivity contribution is 14.1. The number of nitrogens with zero attached hydrogens (tertiary/aromatic N) is 3. The van der Waals surface area contributed by atoms with E-state index < -0.39 is 0 Å². The van der Waals surface area contributed by atoms with Crippen LogP contribution in [0.2, 0.25) is 0 Å². The molecule has 0 aliphatic rings. The number of benzene rings is 9. The molecular formula is C52H32IN3. The highest BCUT2D eigenvalue weighted by atomic mass is 127. The second-order valence-electron chi connectivity index (χ2n) is 14.7. The molecule has 0 bridgehead atoms. The first kappa shape index (κ1) is 31.7. The smallest absolute Gasteiger partial charge is 0.0668 e. The third-order valence-corrected chi connectivity index (χ3v) is 12.7. The molecule has 0 atom stereocenters. The van der Waals surface area contributed by atoms with E-state index in [2.05, 4.69) is 229 Å². The van der Waals surface area contributed by atoms with E-state index in [1.807, 2.05) is 0 Å². The van der Waals surface area contributed by atoms with Crippen molar-refractivity contribution in [3.63, 3.8) is 0 Å². The molecule has 56 heavy (non-hydrogen) atoms. The quantitative estimate of drug-likeness (QED) is 0.157. The van der Waals surface area contributed by atoms with Crippen LogP contribution in [-0.4, -0.2) is 11.9 Å². The van der Waals surface area contributed by atoms with E-state index >= 15 is 0 Å². The molecule has 4 heteroatoms. The van der Waals surface area contributed by atoms with Crippen LogP contribution >= 0.6 is 22.9 Å². The lowest BCUT2D eigenvalue weighted by molar-refractivity contribution is 1.18. The zero-order valence-electron chi connectivity index (χ0n) is 30.2. The third kappa shape index (κ3) is 4.57. The summed E-state index contributed by atoms with van der Waals surface area (Å²) in [6, 6.07) is 71.2. The van der Waals surface area contributed by atoms with E-state index in [1.54, 1.807) is 0 Å². The Bertz CT molecular complexity index is 3530. The van der Waals surface area contributed by atoms with Crippen LogP contribution in [0.1, 0.15) is 0 Å². The van der Waals surface area contributed by atoms with Crippen molar-refractivity contribution in [2.24, 2.45) is 0 Å². The highest BCUT2D eigenvalue weighted by Crippen LogP contribution is 2.43. The van der Waals surface area contributed by atoms with E-state index in [-0.39, 0.29) is 0 Å². The molecule has 0 saturated heterocycles. The van der Waals surface area contributed by atoms with Crippen molar-refractivity contribution in [1.29, 1.82) is 0 Å². The van der Waals surface area contributed by atoms with E-state index in [1.165, 1.54) is 110 Å². The Balaban J connectivity index is 1.05. The van der Waals surface area contributed by atoms with Gasteiger partial charge in [-0.25, -0.2) is 0 Å². The Morgan fingerprint density at radius 3 is 1.68 bits per heavy atom. The molecule has 3 nitrogen and oxygen atoms in total. The molecular weight excluding hydrogens is 793 g/mol. The Morgan fingerprint density at radius 2 is 0.893 bits per heavy atom. The van der Waals surface area contributed by atoms with E-state index in [4.69, 9.17) is 0 Å². The van der Waals surface area contributed by atoms with Crippen molar-refractivity contribution >= 4 is 99.1 Å². The molecule has 0 aliphatic carbocycles. The molecule has 0 saturated carbocycles. The molecule has 12 aromatic rings. The Hall–Kier alpha value is -6.63. The number of para-hydroxylation sites is 4. The van der Waals surface area contributed by atoms with Crippen molar-refractivity contribution in [3.8, 4) is 33.6 Å². The van der Waals surface area contributed by atoms with Crippen LogP contribution in [-0.2, 0) is 0 Å². The van der Waals surface area contributed by atoms with Gasteiger partial charge in [0.2, 0.25) is 0 Å². The van der Waals surface area contributed by atoms with Gasteiger partial charge in [0.05, 0.1) is 56.0 Å². The molecule has 0 radical (unpaired) electrons. The molecule has 0 unspecified atom stereocenters. The Morgan fingerprint density at radius 1 is 0.321 bits per heavy atom. The van der Waals surface area contributed by atoms with Crippen molar-refractivity contribution in [2.45, 2.75) is 0 Å². The topological polar surface area (TPSA) is 14.8 Å². The number of hydrogen-bond acceptors (Lipinski definition) is 0. The van der Waals surface area contributed by atoms with Crippen LogP contribution < -0.4 is 0 Å². The monoisotopic (exact) mass is 825 g/mol. The Labute approximate surface area is 336 Å². The SMILES string of the molecule is In1c2ccc(-c3ccc4c(c3)c3c5ccccc5ccc3n4-c3ccccc3)cc2c2cccc(-c3ccc4c5ccccc5n(-c5ccccc5)c4c3)c21. The average Bonchev–Trinajstić information content (AvgIpc) is 3.88. The van der Waals surface area contributed by atoms with Gasteiger partial charge in [0, 0.05) is 49.3 Å². The number of aromatic nitrogens is 3. The van der Waals surface area contributed by atoms with Crippen LogP contribution in [0, 0.1) is 0 Å². The summed E-state index contributed by atoms with van der Waals surface area (Å²) in [5.74, 6) is 0. The van der Waals surface area contributed by atoms with Gasteiger partial charge in [-0.15, -0.1) is 0 Å². The lowest BCUT2D eigenvalue weighted by Gasteiger charge is -2.10. The molecule has 0 amide bonds. The molecule has 3 heterocycles. The molecule has 3 aromatic heterocycles. The maximum atomic E-state index is 2.50. The van der Waals surface area contributed by atoms with Crippen molar-refractivity contribution in [1.82, 2.24) is 11.9 Å². The van der Waals surface area contributed by atoms with Gasteiger partial charge in [0.15, 0.2) is 0 Å². The lowest BCUT2D eigenvalue weighted by Crippen LogP contribution is -1.93. The van der Waals surface area contributed by atoms with E-state index in [0.29, 0.717) is 0 Å². The zero-order chi connectivity index (χ0) is 36.9. The summed E-state index contributed by atoms with van der Waals surface area (Å²) in [6.45, 7) is 0. The van der Waals surface area contributed by atoms with Gasteiger partial charge in [-0.05, 0) is 94.2 Å². The minimum atomic E-state index is 1.17. The van der Waals surface area contributed by atoms with Gasteiger partial charge < -0.3 is 9.13 Å². The summed E-state index contributed by atoms with van der Waals surface area (Å²) in [6.07, 6.45) is 0. The minimum Gasteiger partial charge on any atom is -0.309 e. The fourth-order valence-electron chi connectivity index (χ4n) is 9.25. The van der Waals surface area contributed by atoms with Gasteiger partial charge in [0.25, 0.3) is 0 Å². The van der Waals surface area contributed by atoms with Gasteiger partial charge in [-0.1, -0.05) is 127 Å². The standard InChI is InChI=1S/C52H32IN3/c53-56-48-28-25-34(35-24-27-47-45(31-35)51-39-17-8-7-12-33(39)23-29-49(51)54(47)37-13-3-1-4-14-37)30-44(48)43-20-11-19-40(52(43)56)36-22-26-42-41-18-9-10-21-46(41)55(50(42)32-36)38-15-5-2-6-16-38/h1-32H. The molecule has 9 aromatic carbocycles.